The third-order valence-corrected chi connectivity index (χ3v) is 3.12. The highest BCUT2D eigenvalue weighted by atomic mass is 127. The van der Waals surface area contributed by atoms with E-state index in [9.17, 15) is 0 Å². The predicted molar refractivity (Wildman–Crippen MR) is 111 cm³/mol. The summed E-state index contributed by atoms with van der Waals surface area (Å²) in [6.45, 7) is 6.36. The van der Waals surface area contributed by atoms with Gasteiger partial charge < -0.3 is 25.0 Å². The highest BCUT2D eigenvalue weighted by Gasteiger charge is 2.04. The van der Waals surface area contributed by atoms with Gasteiger partial charge in [0.05, 0.1) is 13.2 Å². The van der Waals surface area contributed by atoms with Crippen LogP contribution in [-0.2, 0) is 11.3 Å². The van der Waals surface area contributed by atoms with Crippen molar-refractivity contribution in [1.82, 2.24) is 15.5 Å². The van der Waals surface area contributed by atoms with E-state index in [0.717, 1.165) is 36.9 Å². The van der Waals surface area contributed by atoms with Gasteiger partial charge in [-0.3, -0.25) is 0 Å². The molecule has 0 unspecified atom stereocenters. The summed E-state index contributed by atoms with van der Waals surface area (Å²) >= 11 is 0. The second kappa shape index (κ2) is 14.3. The lowest BCUT2D eigenvalue weighted by atomic mass is 10.2. The Morgan fingerprint density at radius 3 is 2.58 bits per heavy atom. The van der Waals surface area contributed by atoms with Crippen molar-refractivity contribution in [2.45, 2.75) is 13.5 Å². The quantitative estimate of drug-likeness (QED) is 0.247. The Morgan fingerprint density at radius 2 is 1.92 bits per heavy atom. The van der Waals surface area contributed by atoms with Crippen LogP contribution >= 0.6 is 24.0 Å². The number of nitrogens with zero attached hydrogens (tertiary/aromatic N) is 2. The van der Waals surface area contributed by atoms with Crippen LogP contribution in [0.15, 0.2) is 29.3 Å². The van der Waals surface area contributed by atoms with Gasteiger partial charge >= 0.3 is 0 Å². The molecule has 24 heavy (non-hydrogen) atoms. The summed E-state index contributed by atoms with van der Waals surface area (Å²) in [7, 11) is 5.76. The second-order valence-electron chi connectivity index (χ2n) is 5.37. The van der Waals surface area contributed by atoms with Gasteiger partial charge in [-0.15, -0.1) is 24.0 Å². The number of ether oxygens (including phenoxy) is 2. The number of hydrogen-bond acceptors (Lipinski definition) is 4. The highest BCUT2D eigenvalue weighted by molar-refractivity contribution is 14.0. The average molecular weight is 450 g/mol. The molecule has 0 aliphatic carbocycles. The van der Waals surface area contributed by atoms with Gasteiger partial charge in [-0.05, 0) is 27.1 Å². The fourth-order valence-corrected chi connectivity index (χ4v) is 1.89. The van der Waals surface area contributed by atoms with Crippen molar-refractivity contribution in [3.8, 4) is 5.75 Å². The smallest absolute Gasteiger partial charge is 0.191 e. The van der Waals surface area contributed by atoms with Crippen molar-refractivity contribution in [3.63, 3.8) is 0 Å². The van der Waals surface area contributed by atoms with Crippen LogP contribution in [0.2, 0.25) is 0 Å². The fourth-order valence-electron chi connectivity index (χ4n) is 1.89. The maximum absolute atomic E-state index is 5.87. The molecule has 7 heteroatoms. The number of hydrogen-bond donors (Lipinski definition) is 2. The van der Waals surface area contributed by atoms with Gasteiger partial charge in [-0.25, -0.2) is 4.99 Å². The molecule has 0 spiro atoms. The van der Waals surface area contributed by atoms with Gasteiger partial charge in [0, 0.05) is 32.3 Å². The Balaban J connectivity index is 0.00000529. The number of likely N-dealkylation sites (N-methyl/N-ethyl adjacent to an activating group) is 1. The standard InChI is InChI=1S/C17H30N4O2.HI/c1-5-18-17(19-10-12-22-4)20-14-15-8-6-7-9-16(15)23-13-11-21(2)3;/h6-9H,5,10-14H2,1-4H3,(H2,18,19,20);1H. The Hall–Kier alpha value is -1.06. The van der Waals surface area contributed by atoms with Gasteiger partial charge in [-0.1, -0.05) is 18.2 Å². The van der Waals surface area contributed by atoms with Crippen molar-refractivity contribution < 1.29 is 9.47 Å². The lowest BCUT2D eigenvalue weighted by Gasteiger charge is -2.14. The van der Waals surface area contributed by atoms with Crippen LogP contribution in [0.25, 0.3) is 0 Å². The molecular weight excluding hydrogens is 419 g/mol. The molecule has 0 saturated heterocycles. The topological polar surface area (TPSA) is 58.1 Å². The van der Waals surface area contributed by atoms with Gasteiger partial charge in [-0.2, -0.15) is 0 Å². The second-order valence-corrected chi connectivity index (χ2v) is 5.37. The Labute approximate surface area is 163 Å². The first-order valence-corrected chi connectivity index (χ1v) is 8.04. The number of guanidine groups is 1. The summed E-state index contributed by atoms with van der Waals surface area (Å²) in [4.78, 5) is 6.71. The molecule has 2 N–H and O–H groups in total. The van der Waals surface area contributed by atoms with Crippen LogP contribution in [0.3, 0.4) is 0 Å². The zero-order valence-electron chi connectivity index (χ0n) is 15.2. The molecular formula is C17H31IN4O2. The molecule has 0 aromatic heterocycles. The summed E-state index contributed by atoms with van der Waals surface area (Å²) in [6.07, 6.45) is 0. The van der Waals surface area contributed by atoms with E-state index in [1.807, 2.05) is 45.3 Å². The summed E-state index contributed by atoms with van der Waals surface area (Å²) in [5, 5.41) is 6.46. The molecule has 138 valence electrons. The number of methoxy groups -OCH3 is 1. The maximum atomic E-state index is 5.87. The van der Waals surface area contributed by atoms with Crippen LogP contribution in [0.5, 0.6) is 5.75 Å². The lowest BCUT2D eigenvalue weighted by molar-refractivity contribution is 0.203. The Bertz CT molecular complexity index is 470. The third-order valence-electron chi connectivity index (χ3n) is 3.12. The molecule has 1 rings (SSSR count). The van der Waals surface area contributed by atoms with Gasteiger partial charge in [0.15, 0.2) is 5.96 Å². The molecule has 6 nitrogen and oxygen atoms in total. The van der Waals surface area contributed by atoms with Crippen LogP contribution in [0.4, 0.5) is 0 Å². The monoisotopic (exact) mass is 450 g/mol. The van der Waals surface area contributed by atoms with E-state index in [1.165, 1.54) is 0 Å². The molecule has 0 amide bonds. The highest BCUT2D eigenvalue weighted by Crippen LogP contribution is 2.18. The van der Waals surface area contributed by atoms with Crippen LogP contribution < -0.4 is 15.4 Å². The minimum Gasteiger partial charge on any atom is -0.492 e. The molecule has 0 radical (unpaired) electrons. The van der Waals surface area contributed by atoms with E-state index >= 15 is 0 Å². The van der Waals surface area contributed by atoms with E-state index in [4.69, 9.17) is 9.47 Å². The average Bonchev–Trinajstić information content (AvgIpc) is 2.53. The number of benzene rings is 1. The molecule has 0 saturated carbocycles. The number of nitrogens with one attached hydrogen (secondary N) is 2. The fraction of sp³-hybridized carbons (Fsp3) is 0.588. The molecule has 0 atom stereocenters. The van der Waals surface area contributed by atoms with Crippen molar-refractivity contribution in [2.75, 3.05) is 54.1 Å². The van der Waals surface area contributed by atoms with E-state index in [-0.39, 0.29) is 24.0 Å². The Morgan fingerprint density at radius 1 is 1.17 bits per heavy atom. The molecule has 0 heterocycles. The summed E-state index contributed by atoms with van der Waals surface area (Å²) in [5.74, 6) is 1.68. The zero-order valence-corrected chi connectivity index (χ0v) is 17.5. The minimum absolute atomic E-state index is 0. The predicted octanol–water partition coefficient (Wildman–Crippen LogP) is 1.95. The first-order chi connectivity index (χ1) is 11.2. The number of rotatable bonds is 10. The maximum Gasteiger partial charge on any atom is 0.191 e. The molecule has 0 fully saturated rings. The Kier molecular flexibility index (Phi) is 13.7. The van der Waals surface area contributed by atoms with Crippen molar-refractivity contribution in [3.05, 3.63) is 29.8 Å². The molecule has 1 aromatic carbocycles. The van der Waals surface area contributed by atoms with Crippen molar-refractivity contribution in [2.24, 2.45) is 4.99 Å². The van der Waals surface area contributed by atoms with Crippen molar-refractivity contribution >= 4 is 29.9 Å². The van der Waals surface area contributed by atoms with Crippen LogP contribution in [-0.4, -0.2) is 64.9 Å². The number of aliphatic imine (C=N–C) groups is 1. The summed E-state index contributed by atoms with van der Waals surface area (Å²) in [5.41, 5.74) is 1.08. The zero-order chi connectivity index (χ0) is 16.9. The SMILES string of the molecule is CCNC(=NCc1ccccc1OCCN(C)C)NCCOC.I. The largest absolute Gasteiger partial charge is 0.492 e. The van der Waals surface area contributed by atoms with Crippen LogP contribution in [0.1, 0.15) is 12.5 Å². The lowest BCUT2D eigenvalue weighted by Crippen LogP contribution is -2.38. The molecule has 0 aliphatic rings. The first-order valence-electron chi connectivity index (χ1n) is 8.04. The van der Waals surface area contributed by atoms with Gasteiger partial charge in [0.1, 0.15) is 12.4 Å². The third kappa shape index (κ3) is 9.94. The number of halogens is 1. The van der Waals surface area contributed by atoms with Gasteiger partial charge in [0.25, 0.3) is 0 Å². The van der Waals surface area contributed by atoms with Gasteiger partial charge in [0.2, 0.25) is 0 Å². The summed E-state index contributed by atoms with van der Waals surface area (Å²) < 4.78 is 10.9. The normalized spacial score (nSPS) is 11.1. The molecule has 0 aliphatic heterocycles. The van der Waals surface area contributed by atoms with E-state index < -0.39 is 0 Å². The molecule has 0 bridgehead atoms. The number of para-hydroxylation sites is 1. The first kappa shape index (κ1) is 22.9. The van der Waals surface area contributed by atoms with Crippen molar-refractivity contribution in [1.29, 1.82) is 0 Å². The van der Waals surface area contributed by atoms with E-state index in [1.54, 1.807) is 7.11 Å². The van der Waals surface area contributed by atoms with E-state index in [2.05, 4.69) is 20.5 Å². The minimum atomic E-state index is 0. The molecule has 1 aromatic rings. The van der Waals surface area contributed by atoms with E-state index in [0.29, 0.717) is 19.8 Å². The van der Waals surface area contributed by atoms with Crippen LogP contribution in [0, 0.1) is 0 Å². The summed E-state index contributed by atoms with van der Waals surface area (Å²) in [6, 6.07) is 8.04.